The van der Waals surface area contributed by atoms with Gasteiger partial charge in [0.2, 0.25) is 11.9 Å². The Bertz CT molecular complexity index is 1180. The van der Waals surface area contributed by atoms with Crippen molar-refractivity contribution in [3.05, 3.63) is 24.3 Å². The van der Waals surface area contributed by atoms with Crippen LogP contribution in [0.5, 0.6) is 0 Å². The number of nitrogens with one attached hydrogen (secondary N) is 1. The predicted octanol–water partition coefficient (Wildman–Crippen LogP) is 2.37. The van der Waals surface area contributed by atoms with Crippen LogP contribution in [0.4, 0.5) is 30.8 Å². The Morgan fingerprint density at radius 2 is 2.14 bits per heavy atom. The van der Waals surface area contributed by atoms with E-state index in [1.165, 1.54) is 6.33 Å². The number of carbonyl (C=O) groups is 1. The molecule has 14 heteroatoms. The Kier molecular flexibility index (Phi) is 7.00. The minimum absolute atomic E-state index is 0.0264. The van der Waals surface area contributed by atoms with Gasteiger partial charge < -0.3 is 20.7 Å². The van der Waals surface area contributed by atoms with Crippen molar-refractivity contribution < 1.29 is 22.7 Å². The predicted molar refractivity (Wildman–Crippen MR) is 121 cm³/mol. The summed E-state index contributed by atoms with van der Waals surface area (Å²) < 4.78 is 43.8. The Balaban J connectivity index is 1.75. The maximum Gasteiger partial charge on any atom is 0.411 e. The molecule has 0 spiro atoms. The molecular weight excluding hydrogens is 467 g/mol. The van der Waals surface area contributed by atoms with E-state index in [1.54, 1.807) is 16.9 Å². The first kappa shape index (κ1) is 24.6. The molecule has 0 aliphatic carbocycles. The van der Waals surface area contributed by atoms with Crippen LogP contribution in [0.2, 0.25) is 0 Å². The van der Waals surface area contributed by atoms with Crippen molar-refractivity contribution in [2.24, 2.45) is 11.7 Å². The summed E-state index contributed by atoms with van der Waals surface area (Å²) in [5.74, 6) is 0.540. The normalized spacial score (nSPS) is 16.4. The number of amides is 1. The molecule has 11 nitrogen and oxygen atoms in total. The van der Waals surface area contributed by atoms with E-state index in [0.717, 1.165) is 0 Å². The lowest BCUT2D eigenvalue weighted by Crippen LogP contribution is -2.28. The van der Waals surface area contributed by atoms with E-state index in [2.05, 4.69) is 25.4 Å². The highest BCUT2D eigenvalue weighted by Crippen LogP contribution is 2.32. The number of alkyl halides is 3. The number of hydrogen-bond acceptors (Lipinski definition) is 9. The zero-order chi connectivity index (χ0) is 25.2. The molecule has 1 saturated heterocycles. The average molecular weight is 493 g/mol. The van der Waals surface area contributed by atoms with Crippen LogP contribution in [0.15, 0.2) is 18.6 Å². The lowest BCUT2D eigenvalue weighted by Gasteiger charge is -2.18. The number of carbonyl (C=O) groups excluding carboxylic acids is 1. The van der Waals surface area contributed by atoms with Crippen LogP contribution < -0.4 is 16.0 Å². The number of nitrogens with zero attached hydrogens (tertiary/aromatic N) is 7. The van der Waals surface area contributed by atoms with Crippen molar-refractivity contribution >= 4 is 34.5 Å². The van der Waals surface area contributed by atoms with Crippen molar-refractivity contribution in [1.82, 2.24) is 29.7 Å². The fourth-order valence-corrected chi connectivity index (χ4v) is 3.87. The summed E-state index contributed by atoms with van der Waals surface area (Å²) >= 11 is 0. The van der Waals surface area contributed by atoms with Crippen LogP contribution in [0.25, 0.3) is 11.0 Å². The van der Waals surface area contributed by atoms with Crippen LogP contribution in [0, 0.1) is 5.92 Å². The van der Waals surface area contributed by atoms with Gasteiger partial charge in [0, 0.05) is 19.3 Å². The van der Waals surface area contributed by atoms with E-state index < -0.39 is 12.8 Å². The van der Waals surface area contributed by atoms with Crippen molar-refractivity contribution in [3.8, 4) is 0 Å². The maximum absolute atomic E-state index is 12.5. The molecule has 35 heavy (non-hydrogen) atoms. The Hall–Kier alpha value is -3.55. The second-order valence-corrected chi connectivity index (χ2v) is 8.55. The number of primary amides is 1. The van der Waals surface area contributed by atoms with Gasteiger partial charge in [0.1, 0.15) is 29.8 Å². The van der Waals surface area contributed by atoms with Crippen LogP contribution >= 0.6 is 0 Å². The van der Waals surface area contributed by atoms with E-state index in [4.69, 9.17) is 15.5 Å². The van der Waals surface area contributed by atoms with E-state index >= 15 is 0 Å². The van der Waals surface area contributed by atoms with Crippen LogP contribution in [0.1, 0.15) is 31.9 Å². The summed E-state index contributed by atoms with van der Waals surface area (Å²) in [4.78, 5) is 31.1. The Morgan fingerprint density at radius 3 is 2.77 bits per heavy atom. The molecule has 0 saturated carbocycles. The van der Waals surface area contributed by atoms with Gasteiger partial charge in [0.25, 0.3) is 0 Å². The van der Waals surface area contributed by atoms with Gasteiger partial charge in [-0.05, 0) is 18.4 Å². The molecule has 1 aliphatic rings. The number of halogens is 3. The second kappa shape index (κ2) is 9.98. The number of hydrogen-bond donors (Lipinski definition) is 2. The highest BCUT2D eigenvalue weighted by Gasteiger charge is 2.30. The van der Waals surface area contributed by atoms with E-state index in [0.29, 0.717) is 53.8 Å². The van der Waals surface area contributed by atoms with Crippen molar-refractivity contribution in [3.63, 3.8) is 0 Å². The highest BCUT2D eigenvalue weighted by molar-refractivity contribution is 5.90. The van der Waals surface area contributed by atoms with Crippen LogP contribution in [0.3, 0.4) is 0 Å². The van der Waals surface area contributed by atoms with Crippen LogP contribution in [-0.2, 0) is 16.1 Å². The first-order chi connectivity index (χ1) is 16.6. The molecule has 1 amide bonds. The van der Waals surface area contributed by atoms with Crippen molar-refractivity contribution in [1.29, 1.82) is 0 Å². The molecule has 4 heterocycles. The Labute approximate surface area is 198 Å². The fourth-order valence-electron chi connectivity index (χ4n) is 3.87. The number of rotatable bonds is 9. The first-order valence-electron chi connectivity index (χ1n) is 11.1. The Morgan fingerprint density at radius 1 is 1.34 bits per heavy atom. The number of anilines is 3. The minimum atomic E-state index is -4.41. The van der Waals surface area contributed by atoms with E-state index in [9.17, 15) is 18.0 Å². The van der Waals surface area contributed by atoms with Gasteiger partial charge in [0.05, 0.1) is 24.8 Å². The number of fused-ring (bicyclic) bond motifs is 1. The molecule has 4 rings (SSSR count). The van der Waals surface area contributed by atoms with Gasteiger partial charge in [-0.3, -0.25) is 9.48 Å². The molecule has 1 aliphatic heterocycles. The van der Waals surface area contributed by atoms with Gasteiger partial charge in [-0.15, -0.1) is 0 Å². The number of nitrogens with two attached hydrogens (primary N) is 1. The van der Waals surface area contributed by atoms with E-state index in [1.807, 2.05) is 18.7 Å². The lowest BCUT2D eigenvalue weighted by atomic mass is 10.1. The summed E-state index contributed by atoms with van der Waals surface area (Å²) in [6.45, 7) is 3.37. The van der Waals surface area contributed by atoms with E-state index in [-0.39, 0.29) is 30.9 Å². The third-order valence-electron chi connectivity index (χ3n) is 5.56. The van der Waals surface area contributed by atoms with Gasteiger partial charge in [-0.25, -0.2) is 15.0 Å². The fraction of sp³-hybridized carbons (Fsp3) is 0.524. The first-order valence-corrected chi connectivity index (χ1v) is 11.1. The lowest BCUT2D eigenvalue weighted by molar-refractivity contribution is -0.174. The molecule has 0 unspecified atom stereocenters. The second-order valence-electron chi connectivity index (χ2n) is 8.55. The molecule has 0 radical (unpaired) electrons. The summed E-state index contributed by atoms with van der Waals surface area (Å²) in [6, 6.07) is 1.66. The number of ether oxygens (including phenoxy) is 1. The molecule has 0 bridgehead atoms. The molecular formula is C21H26F3N9O2. The van der Waals surface area contributed by atoms with Gasteiger partial charge in [0.15, 0.2) is 5.82 Å². The standard InChI is InChI=1S/C21H26F3N9O2/c1-12(2)15-16-17(33(31-15)7-8-35-10-21(22,23)24)19(28-14-3-5-26-11-27-14)30-20(29-16)32-6-4-13(9-32)18(25)34/h3,5,11-13H,4,6-10H2,1-2H3,(H2,25,34)(H,26,27,28,29,30)/t13-/m1/s1. The van der Waals surface area contributed by atoms with Crippen LogP contribution in [-0.4, -0.2) is 68.1 Å². The van der Waals surface area contributed by atoms with Gasteiger partial charge in [-0.2, -0.15) is 23.3 Å². The summed E-state index contributed by atoms with van der Waals surface area (Å²) in [6.07, 6.45) is -0.875. The maximum atomic E-state index is 12.5. The topological polar surface area (TPSA) is 137 Å². The number of aromatic nitrogens is 6. The zero-order valence-electron chi connectivity index (χ0n) is 19.3. The molecule has 1 atom stereocenters. The van der Waals surface area contributed by atoms with Gasteiger partial charge >= 0.3 is 6.18 Å². The molecule has 188 valence electrons. The quantitative estimate of drug-likeness (QED) is 0.430. The molecule has 3 N–H and O–H groups in total. The molecule has 1 fully saturated rings. The highest BCUT2D eigenvalue weighted by atomic mass is 19.4. The monoisotopic (exact) mass is 493 g/mol. The van der Waals surface area contributed by atoms with Crippen molar-refractivity contribution in [2.75, 3.05) is 36.5 Å². The SMILES string of the molecule is CC(C)c1nn(CCOCC(F)(F)F)c2c(Nc3ccncn3)nc(N3CC[C@@H](C(N)=O)C3)nc12. The molecule has 3 aromatic rings. The molecule has 3 aromatic heterocycles. The third-order valence-corrected chi connectivity index (χ3v) is 5.56. The van der Waals surface area contributed by atoms with Gasteiger partial charge in [-0.1, -0.05) is 13.8 Å². The zero-order valence-corrected chi connectivity index (χ0v) is 19.3. The van der Waals surface area contributed by atoms with Crippen molar-refractivity contribution in [2.45, 2.75) is 38.9 Å². The largest absolute Gasteiger partial charge is 0.411 e. The summed E-state index contributed by atoms with van der Waals surface area (Å²) in [7, 11) is 0. The summed E-state index contributed by atoms with van der Waals surface area (Å²) in [5, 5.41) is 7.77. The average Bonchev–Trinajstić information content (AvgIpc) is 3.43. The molecule has 0 aromatic carbocycles. The third kappa shape index (κ3) is 5.75. The smallest absolute Gasteiger partial charge is 0.370 e. The summed E-state index contributed by atoms with van der Waals surface area (Å²) in [5.41, 5.74) is 7.21. The minimum Gasteiger partial charge on any atom is -0.370 e.